The lowest BCUT2D eigenvalue weighted by atomic mass is 10.2. The highest BCUT2D eigenvalue weighted by Gasteiger charge is 2.10. The number of nitrogens with zero attached hydrogens (tertiary/aromatic N) is 4. The molecule has 3 aromatic rings. The Bertz CT molecular complexity index is 908. The highest BCUT2D eigenvalue weighted by Crippen LogP contribution is 2.20. The van der Waals surface area contributed by atoms with Crippen molar-refractivity contribution in [3.05, 3.63) is 54.9 Å². The van der Waals surface area contributed by atoms with E-state index in [9.17, 15) is 8.42 Å². The summed E-state index contributed by atoms with van der Waals surface area (Å²) >= 11 is 0. The molecular weight excluding hydrogens is 312 g/mol. The van der Waals surface area contributed by atoms with E-state index in [2.05, 4.69) is 16.9 Å². The zero-order valence-corrected chi connectivity index (χ0v) is 13.9. The summed E-state index contributed by atoms with van der Waals surface area (Å²) in [5.41, 5.74) is 1.83. The lowest BCUT2D eigenvalue weighted by molar-refractivity contribution is 0.602. The van der Waals surface area contributed by atoms with Gasteiger partial charge in [-0.15, -0.1) is 0 Å². The first-order valence-electron chi connectivity index (χ1n) is 7.29. The molecule has 0 N–H and O–H groups in total. The fourth-order valence-corrected chi connectivity index (χ4v) is 3.01. The molecule has 7 heteroatoms. The molecule has 0 bridgehead atoms. The van der Waals surface area contributed by atoms with E-state index in [1.54, 1.807) is 30.5 Å². The van der Waals surface area contributed by atoms with E-state index in [4.69, 9.17) is 0 Å². The smallest absolute Gasteiger partial charge is 0.175 e. The molecule has 0 radical (unpaired) electrons. The molecule has 23 heavy (non-hydrogen) atoms. The number of rotatable bonds is 5. The minimum Gasteiger partial charge on any atom is -0.337 e. The summed E-state index contributed by atoms with van der Waals surface area (Å²) in [6.07, 6.45) is 8.65. The number of sulfone groups is 1. The number of aromatic nitrogens is 4. The van der Waals surface area contributed by atoms with Gasteiger partial charge in [-0.1, -0.05) is 0 Å². The van der Waals surface area contributed by atoms with E-state index in [-0.39, 0.29) is 0 Å². The van der Waals surface area contributed by atoms with Gasteiger partial charge in [0.05, 0.1) is 23.5 Å². The maximum atomic E-state index is 11.5. The summed E-state index contributed by atoms with van der Waals surface area (Å²) in [7, 11) is -3.19. The van der Waals surface area contributed by atoms with Gasteiger partial charge >= 0.3 is 0 Å². The molecule has 0 fully saturated rings. The standard InChI is InChI=1S/C16H18N4O2S/c1-3-19-10-14(18-12-19)11-20-9-8-17-16(20)13-4-6-15(7-5-13)23(2,21)22/h4-10,12H,3,11H2,1-2H3. The van der Waals surface area contributed by atoms with Gasteiger partial charge in [-0.25, -0.2) is 18.4 Å². The second kappa shape index (κ2) is 6.00. The molecule has 0 aliphatic carbocycles. The highest BCUT2D eigenvalue weighted by molar-refractivity contribution is 7.90. The van der Waals surface area contributed by atoms with Crippen molar-refractivity contribution < 1.29 is 8.42 Å². The van der Waals surface area contributed by atoms with Crippen molar-refractivity contribution in [2.75, 3.05) is 6.26 Å². The van der Waals surface area contributed by atoms with Crippen molar-refractivity contribution in [2.45, 2.75) is 24.9 Å². The third kappa shape index (κ3) is 3.34. The molecule has 0 unspecified atom stereocenters. The topological polar surface area (TPSA) is 69.8 Å². The average Bonchev–Trinajstić information content (AvgIpc) is 3.16. The third-order valence-electron chi connectivity index (χ3n) is 3.64. The van der Waals surface area contributed by atoms with Gasteiger partial charge in [0.1, 0.15) is 5.82 Å². The van der Waals surface area contributed by atoms with Crippen molar-refractivity contribution in [3.63, 3.8) is 0 Å². The van der Waals surface area contributed by atoms with Crippen LogP contribution in [0.5, 0.6) is 0 Å². The molecule has 6 nitrogen and oxygen atoms in total. The number of benzene rings is 1. The van der Waals surface area contributed by atoms with Gasteiger partial charge in [0.15, 0.2) is 9.84 Å². The minimum atomic E-state index is -3.19. The van der Waals surface area contributed by atoms with Crippen LogP contribution >= 0.6 is 0 Å². The van der Waals surface area contributed by atoms with Gasteiger partial charge in [-0.2, -0.15) is 0 Å². The molecule has 2 aromatic heterocycles. The number of hydrogen-bond donors (Lipinski definition) is 0. The molecule has 120 valence electrons. The Labute approximate surface area is 135 Å². The number of hydrogen-bond acceptors (Lipinski definition) is 4. The van der Waals surface area contributed by atoms with Crippen molar-refractivity contribution in [3.8, 4) is 11.4 Å². The lowest BCUT2D eigenvalue weighted by Crippen LogP contribution is -2.02. The van der Waals surface area contributed by atoms with E-state index in [1.165, 1.54) is 6.26 Å². The van der Waals surface area contributed by atoms with Crippen LogP contribution in [0.3, 0.4) is 0 Å². The van der Waals surface area contributed by atoms with Crippen LogP contribution in [0.2, 0.25) is 0 Å². The minimum absolute atomic E-state index is 0.307. The summed E-state index contributed by atoms with van der Waals surface area (Å²) in [4.78, 5) is 9.06. The molecule has 0 amide bonds. The molecule has 2 heterocycles. The SMILES string of the molecule is CCn1cnc(Cn2ccnc2-c2ccc(S(C)(=O)=O)cc2)c1. The van der Waals surface area contributed by atoms with Crippen LogP contribution in [0.4, 0.5) is 0 Å². The van der Waals surface area contributed by atoms with Gasteiger partial charge in [0.2, 0.25) is 0 Å². The normalized spacial score (nSPS) is 11.7. The first-order valence-corrected chi connectivity index (χ1v) is 9.19. The molecule has 0 aliphatic heterocycles. The van der Waals surface area contributed by atoms with Gasteiger partial charge in [0.25, 0.3) is 0 Å². The second-order valence-electron chi connectivity index (χ2n) is 5.37. The Morgan fingerprint density at radius 3 is 2.48 bits per heavy atom. The van der Waals surface area contributed by atoms with E-state index < -0.39 is 9.84 Å². The van der Waals surface area contributed by atoms with Gasteiger partial charge < -0.3 is 9.13 Å². The van der Waals surface area contributed by atoms with E-state index >= 15 is 0 Å². The molecule has 0 saturated carbocycles. The zero-order chi connectivity index (χ0) is 16.4. The van der Waals surface area contributed by atoms with Crippen LogP contribution in [-0.2, 0) is 22.9 Å². The Morgan fingerprint density at radius 2 is 1.87 bits per heavy atom. The van der Waals surface area contributed by atoms with Crippen molar-refractivity contribution in [2.24, 2.45) is 0 Å². The van der Waals surface area contributed by atoms with Crippen LogP contribution in [-0.4, -0.2) is 33.8 Å². The van der Waals surface area contributed by atoms with Crippen molar-refractivity contribution in [1.82, 2.24) is 19.1 Å². The monoisotopic (exact) mass is 330 g/mol. The average molecular weight is 330 g/mol. The molecule has 1 aromatic carbocycles. The predicted octanol–water partition coefficient (Wildman–Crippen LogP) is 2.22. The predicted molar refractivity (Wildman–Crippen MR) is 87.8 cm³/mol. The maximum absolute atomic E-state index is 11.5. The fourth-order valence-electron chi connectivity index (χ4n) is 2.38. The second-order valence-corrected chi connectivity index (χ2v) is 7.39. The molecule has 3 rings (SSSR count). The summed E-state index contributed by atoms with van der Waals surface area (Å²) in [5, 5.41) is 0. The maximum Gasteiger partial charge on any atom is 0.175 e. The molecule has 0 saturated heterocycles. The van der Waals surface area contributed by atoms with Crippen LogP contribution in [0.15, 0.2) is 54.1 Å². The summed E-state index contributed by atoms with van der Waals surface area (Å²) in [6, 6.07) is 6.77. The van der Waals surface area contributed by atoms with E-state index in [1.807, 2.05) is 27.9 Å². The van der Waals surface area contributed by atoms with Crippen LogP contribution < -0.4 is 0 Å². The number of aryl methyl sites for hydroxylation is 1. The fraction of sp³-hybridized carbons (Fsp3) is 0.250. The summed E-state index contributed by atoms with van der Waals surface area (Å²) in [5.74, 6) is 0.788. The third-order valence-corrected chi connectivity index (χ3v) is 4.77. The molecule has 0 spiro atoms. The Kier molecular flexibility index (Phi) is 4.04. The summed E-state index contributed by atoms with van der Waals surface area (Å²) in [6.45, 7) is 3.57. The quantitative estimate of drug-likeness (QED) is 0.719. The van der Waals surface area contributed by atoms with Crippen molar-refractivity contribution in [1.29, 1.82) is 0 Å². The van der Waals surface area contributed by atoms with Crippen LogP contribution in [0, 0.1) is 0 Å². The number of imidazole rings is 2. The zero-order valence-electron chi connectivity index (χ0n) is 13.0. The lowest BCUT2D eigenvalue weighted by Gasteiger charge is -2.07. The first kappa shape index (κ1) is 15.5. The highest BCUT2D eigenvalue weighted by atomic mass is 32.2. The largest absolute Gasteiger partial charge is 0.337 e. The van der Waals surface area contributed by atoms with Crippen LogP contribution in [0.1, 0.15) is 12.6 Å². The Hall–Kier alpha value is -2.41. The summed E-state index contributed by atoms with van der Waals surface area (Å²) < 4.78 is 27.1. The van der Waals surface area contributed by atoms with E-state index in [0.29, 0.717) is 11.4 Å². The van der Waals surface area contributed by atoms with Crippen LogP contribution in [0.25, 0.3) is 11.4 Å². The molecular formula is C16H18N4O2S. The first-order chi connectivity index (χ1) is 11.0. The van der Waals surface area contributed by atoms with Gasteiger partial charge in [-0.3, -0.25) is 0 Å². The molecule has 0 atom stereocenters. The van der Waals surface area contributed by atoms with E-state index in [0.717, 1.165) is 23.6 Å². The van der Waals surface area contributed by atoms with Gasteiger partial charge in [-0.05, 0) is 31.2 Å². The Morgan fingerprint density at radius 1 is 1.13 bits per heavy atom. The molecule has 0 aliphatic rings. The van der Waals surface area contributed by atoms with Crippen molar-refractivity contribution >= 4 is 9.84 Å². The van der Waals surface area contributed by atoms with Gasteiger partial charge in [0, 0.05) is 37.0 Å². The Balaban J connectivity index is 1.88.